The smallest absolute Gasteiger partial charge is 0.119 e. The highest BCUT2D eigenvalue weighted by Gasteiger charge is 2.28. The SMILES string of the molecule is COc1cccc(COC(C)(CBr)c2ccccc2Br)c1. The maximum absolute atomic E-state index is 6.20. The standard InChI is InChI=1S/C17H18Br2O2/c1-17(12-18,15-8-3-4-9-16(15)19)21-11-13-6-5-7-14(10-13)20-2/h3-10H,11-12H2,1-2H3. The van der Waals surface area contributed by atoms with Gasteiger partial charge in [0.2, 0.25) is 0 Å². The molecule has 2 aromatic rings. The average Bonchev–Trinajstić information content (AvgIpc) is 2.53. The van der Waals surface area contributed by atoms with Gasteiger partial charge < -0.3 is 9.47 Å². The van der Waals surface area contributed by atoms with Gasteiger partial charge >= 0.3 is 0 Å². The first-order chi connectivity index (χ1) is 10.1. The number of hydrogen-bond donors (Lipinski definition) is 0. The van der Waals surface area contributed by atoms with Gasteiger partial charge in [0.25, 0.3) is 0 Å². The van der Waals surface area contributed by atoms with Crippen LogP contribution in [0.25, 0.3) is 0 Å². The summed E-state index contributed by atoms with van der Waals surface area (Å²) in [6, 6.07) is 16.1. The first kappa shape index (κ1) is 16.5. The van der Waals surface area contributed by atoms with E-state index in [1.54, 1.807) is 7.11 Å². The number of hydrogen-bond acceptors (Lipinski definition) is 2. The molecule has 0 bridgehead atoms. The maximum Gasteiger partial charge on any atom is 0.119 e. The Hall–Kier alpha value is -0.840. The van der Waals surface area contributed by atoms with Crippen LogP contribution in [-0.4, -0.2) is 12.4 Å². The van der Waals surface area contributed by atoms with Gasteiger partial charge in [-0.1, -0.05) is 62.2 Å². The summed E-state index contributed by atoms with van der Waals surface area (Å²) in [6.07, 6.45) is 0. The summed E-state index contributed by atoms with van der Waals surface area (Å²) < 4.78 is 12.5. The second kappa shape index (κ2) is 7.43. The molecule has 0 heterocycles. The van der Waals surface area contributed by atoms with E-state index in [1.165, 1.54) is 0 Å². The van der Waals surface area contributed by atoms with E-state index in [4.69, 9.17) is 9.47 Å². The van der Waals surface area contributed by atoms with Crippen molar-refractivity contribution in [3.05, 3.63) is 64.1 Å². The predicted octanol–water partition coefficient (Wildman–Crippen LogP) is 5.28. The van der Waals surface area contributed by atoms with E-state index >= 15 is 0 Å². The van der Waals surface area contributed by atoms with Crippen molar-refractivity contribution in [1.29, 1.82) is 0 Å². The Morgan fingerprint density at radius 2 is 1.86 bits per heavy atom. The molecule has 0 amide bonds. The van der Waals surface area contributed by atoms with Gasteiger partial charge in [0, 0.05) is 9.80 Å². The molecule has 0 saturated heterocycles. The average molecular weight is 414 g/mol. The summed E-state index contributed by atoms with van der Waals surface area (Å²) in [7, 11) is 1.67. The lowest BCUT2D eigenvalue weighted by Crippen LogP contribution is -2.28. The monoisotopic (exact) mass is 412 g/mol. The van der Waals surface area contributed by atoms with Crippen molar-refractivity contribution in [2.75, 3.05) is 12.4 Å². The predicted molar refractivity (Wildman–Crippen MR) is 93.1 cm³/mol. The van der Waals surface area contributed by atoms with Crippen LogP contribution in [0.4, 0.5) is 0 Å². The van der Waals surface area contributed by atoms with Crippen molar-refractivity contribution in [2.45, 2.75) is 19.1 Å². The zero-order valence-electron chi connectivity index (χ0n) is 12.1. The number of methoxy groups -OCH3 is 1. The molecule has 0 saturated carbocycles. The van der Waals surface area contributed by atoms with Crippen LogP contribution in [0.1, 0.15) is 18.1 Å². The molecule has 0 N–H and O–H groups in total. The third kappa shape index (κ3) is 4.09. The normalized spacial score (nSPS) is 13.7. The number of ether oxygens (including phenoxy) is 2. The topological polar surface area (TPSA) is 18.5 Å². The third-order valence-electron chi connectivity index (χ3n) is 3.39. The molecule has 21 heavy (non-hydrogen) atoms. The molecule has 2 aromatic carbocycles. The van der Waals surface area contributed by atoms with E-state index in [9.17, 15) is 0 Å². The van der Waals surface area contributed by atoms with E-state index in [2.05, 4.69) is 44.8 Å². The van der Waals surface area contributed by atoms with E-state index in [0.717, 1.165) is 21.3 Å². The molecule has 0 aliphatic rings. The fourth-order valence-electron chi connectivity index (χ4n) is 2.08. The van der Waals surface area contributed by atoms with Crippen molar-refractivity contribution in [3.63, 3.8) is 0 Å². The molecule has 0 spiro atoms. The van der Waals surface area contributed by atoms with Crippen LogP contribution in [0.3, 0.4) is 0 Å². The molecule has 0 radical (unpaired) electrons. The minimum absolute atomic E-state index is 0.400. The van der Waals surface area contributed by atoms with Crippen LogP contribution in [0.2, 0.25) is 0 Å². The summed E-state index contributed by atoms with van der Waals surface area (Å²) >= 11 is 7.18. The number of benzene rings is 2. The molecule has 0 aliphatic heterocycles. The Kier molecular flexibility index (Phi) is 5.85. The van der Waals surface area contributed by atoms with E-state index in [0.29, 0.717) is 11.9 Å². The molecule has 4 heteroatoms. The van der Waals surface area contributed by atoms with E-state index < -0.39 is 5.60 Å². The Morgan fingerprint density at radius 1 is 1.10 bits per heavy atom. The molecule has 0 aliphatic carbocycles. The van der Waals surface area contributed by atoms with E-state index in [1.807, 2.05) is 42.5 Å². The minimum atomic E-state index is -0.400. The molecule has 112 valence electrons. The van der Waals surface area contributed by atoms with Gasteiger partial charge in [0.1, 0.15) is 11.4 Å². The van der Waals surface area contributed by atoms with Crippen LogP contribution >= 0.6 is 31.9 Å². The summed E-state index contributed by atoms with van der Waals surface area (Å²) in [5.41, 5.74) is 1.82. The summed E-state index contributed by atoms with van der Waals surface area (Å²) in [5.74, 6) is 0.845. The second-order valence-electron chi connectivity index (χ2n) is 4.98. The fraction of sp³-hybridized carbons (Fsp3) is 0.294. The molecule has 0 aromatic heterocycles. The molecule has 1 atom stereocenters. The lowest BCUT2D eigenvalue weighted by Gasteiger charge is -2.29. The zero-order valence-corrected chi connectivity index (χ0v) is 15.3. The van der Waals surface area contributed by atoms with Gasteiger partial charge in [-0.05, 0) is 36.2 Å². The van der Waals surface area contributed by atoms with Crippen LogP contribution in [0.15, 0.2) is 53.0 Å². The van der Waals surface area contributed by atoms with Gasteiger partial charge in [-0.2, -0.15) is 0 Å². The Labute approximate surface area is 142 Å². The second-order valence-corrected chi connectivity index (χ2v) is 6.40. The van der Waals surface area contributed by atoms with E-state index in [-0.39, 0.29) is 0 Å². The molecular weight excluding hydrogens is 396 g/mol. The van der Waals surface area contributed by atoms with Crippen LogP contribution < -0.4 is 4.74 Å². The number of alkyl halides is 1. The first-order valence-electron chi connectivity index (χ1n) is 6.67. The lowest BCUT2D eigenvalue weighted by atomic mass is 9.98. The maximum atomic E-state index is 6.20. The van der Waals surface area contributed by atoms with Gasteiger partial charge in [-0.3, -0.25) is 0 Å². The van der Waals surface area contributed by atoms with Gasteiger partial charge in [0.15, 0.2) is 0 Å². The van der Waals surface area contributed by atoms with Gasteiger partial charge in [-0.25, -0.2) is 0 Å². The van der Waals surface area contributed by atoms with Crippen molar-refractivity contribution < 1.29 is 9.47 Å². The molecular formula is C17H18Br2O2. The third-order valence-corrected chi connectivity index (χ3v) is 5.15. The summed E-state index contributed by atoms with van der Waals surface area (Å²) in [6.45, 7) is 2.61. The number of rotatable bonds is 6. The molecule has 1 unspecified atom stereocenters. The minimum Gasteiger partial charge on any atom is -0.497 e. The highest BCUT2D eigenvalue weighted by molar-refractivity contribution is 9.10. The Morgan fingerprint density at radius 3 is 2.52 bits per heavy atom. The Bertz CT molecular complexity index is 601. The molecule has 2 rings (SSSR count). The van der Waals surface area contributed by atoms with Crippen LogP contribution in [0.5, 0.6) is 5.75 Å². The summed E-state index contributed by atoms with van der Waals surface area (Å²) in [4.78, 5) is 0. The van der Waals surface area contributed by atoms with Crippen molar-refractivity contribution >= 4 is 31.9 Å². The van der Waals surface area contributed by atoms with Crippen LogP contribution in [-0.2, 0) is 16.9 Å². The van der Waals surface area contributed by atoms with Crippen LogP contribution in [0, 0.1) is 0 Å². The first-order valence-corrected chi connectivity index (χ1v) is 8.58. The molecule has 2 nitrogen and oxygen atoms in total. The van der Waals surface area contributed by atoms with Gasteiger partial charge in [-0.15, -0.1) is 0 Å². The van der Waals surface area contributed by atoms with Crippen molar-refractivity contribution in [2.24, 2.45) is 0 Å². The fourth-order valence-corrected chi connectivity index (χ4v) is 3.25. The largest absolute Gasteiger partial charge is 0.497 e. The van der Waals surface area contributed by atoms with Crippen molar-refractivity contribution in [3.8, 4) is 5.75 Å². The lowest BCUT2D eigenvalue weighted by molar-refractivity contribution is -0.0294. The zero-order chi connectivity index (χ0) is 15.3. The number of halogens is 2. The Balaban J connectivity index is 2.17. The molecule has 0 fully saturated rings. The quantitative estimate of drug-likeness (QED) is 0.599. The highest BCUT2D eigenvalue weighted by Crippen LogP contribution is 2.34. The van der Waals surface area contributed by atoms with Crippen molar-refractivity contribution in [1.82, 2.24) is 0 Å². The summed E-state index contributed by atoms with van der Waals surface area (Å²) in [5, 5.41) is 0.715. The van der Waals surface area contributed by atoms with Gasteiger partial charge in [0.05, 0.1) is 13.7 Å². The highest BCUT2D eigenvalue weighted by atomic mass is 79.9.